The number of para-hydroxylation sites is 1. The number of aliphatic imine (C=N–C) groups is 1. The molecule has 0 amide bonds. The van der Waals surface area contributed by atoms with E-state index in [2.05, 4.69) is 64.4 Å². The summed E-state index contributed by atoms with van der Waals surface area (Å²) in [6.07, 6.45) is 0. The first-order valence-corrected chi connectivity index (χ1v) is 7.26. The standard InChI is InChI=1S/C15H25N5/c1-13(2)12-17-15(18-16)20-10-8-19(9-11-20)14-6-4-3-5-7-14/h3-7,13H,8-12,16H2,1-2H3,(H,17,18). The van der Waals surface area contributed by atoms with Gasteiger partial charge in [0.05, 0.1) is 0 Å². The van der Waals surface area contributed by atoms with Gasteiger partial charge in [0.1, 0.15) is 0 Å². The zero-order chi connectivity index (χ0) is 14.4. The van der Waals surface area contributed by atoms with Crippen molar-refractivity contribution in [2.75, 3.05) is 37.6 Å². The van der Waals surface area contributed by atoms with E-state index in [1.54, 1.807) is 0 Å². The Bertz CT molecular complexity index is 421. The lowest BCUT2D eigenvalue weighted by Gasteiger charge is -2.37. The highest BCUT2D eigenvalue weighted by Crippen LogP contribution is 2.15. The quantitative estimate of drug-likeness (QED) is 0.378. The van der Waals surface area contributed by atoms with Gasteiger partial charge in [-0.2, -0.15) is 0 Å². The Morgan fingerprint density at radius 1 is 1.20 bits per heavy atom. The van der Waals surface area contributed by atoms with Crippen molar-refractivity contribution in [3.8, 4) is 0 Å². The molecule has 0 unspecified atom stereocenters. The second-order valence-corrected chi connectivity index (χ2v) is 5.51. The van der Waals surface area contributed by atoms with Gasteiger partial charge in [-0.15, -0.1) is 0 Å². The van der Waals surface area contributed by atoms with E-state index in [1.165, 1.54) is 5.69 Å². The van der Waals surface area contributed by atoms with E-state index in [-0.39, 0.29) is 0 Å². The van der Waals surface area contributed by atoms with Crippen LogP contribution in [-0.2, 0) is 0 Å². The number of nitrogens with two attached hydrogens (primary N) is 1. The summed E-state index contributed by atoms with van der Waals surface area (Å²) in [5, 5.41) is 0. The van der Waals surface area contributed by atoms with Crippen LogP contribution in [0.25, 0.3) is 0 Å². The van der Waals surface area contributed by atoms with Crippen molar-refractivity contribution in [2.24, 2.45) is 16.8 Å². The van der Waals surface area contributed by atoms with Gasteiger partial charge in [0.15, 0.2) is 0 Å². The molecule has 3 N–H and O–H groups in total. The molecule has 5 nitrogen and oxygen atoms in total. The van der Waals surface area contributed by atoms with E-state index in [9.17, 15) is 0 Å². The summed E-state index contributed by atoms with van der Waals surface area (Å²) in [7, 11) is 0. The molecule has 5 heteroatoms. The van der Waals surface area contributed by atoms with Gasteiger partial charge < -0.3 is 9.80 Å². The number of nitrogens with zero attached hydrogens (tertiary/aromatic N) is 3. The number of benzene rings is 1. The Morgan fingerprint density at radius 3 is 2.40 bits per heavy atom. The van der Waals surface area contributed by atoms with Gasteiger partial charge in [-0.25, -0.2) is 5.84 Å². The Hall–Kier alpha value is -1.75. The predicted octanol–water partition coefficient (Wildman–Crippen LogP) is 1.28. The highest BCUT2D eigenvalue weighted by molar-refractivity contribution is 5.79. The van der Waals surface area contributed by atoms with E-state index in [0.717, 1.165) is 38.7 Å². The van der Waals surface area contributed by atoms with Crippen LogP contribution in [-0.4, -0.2) is 43.6 Å². The van der Waals surface area contributed by atoms with Crippen LogP contribution in [0.5, 0.6) is 0 Å². The van der Waals surface area contributed by atoms with E-state index >= 15 is 0 Å². The fourth-order valence-electron chi connectivity index (χ4n) is 2.32. The monoisotopic (exact) mass is 275 g/mol. The molecule has 1 aromatic rings. The van der Waals surface area contributed by atoms with E-state index in [4.69, 9.17) is 5.84 Å². The zero-order valence-corrected chi connectivity index (χ0v) is 12.4. The third-order valence-corrected chi connectivity index (χ3v) is 3.44. The number of hydrogen-bond acceptors (Lipinski definition) is 3. The number of rotatable bonds is 3. The summed E-state index contributed by atoms with van der Waals surface area (Å²) in [5.74, 6) is 6.96. The van der Waals surface area contributed by atoms with Gasteiger partial charge >= 0.3 is 0 Å². The van der Waals surface area contributed by atoms with Crippen LogP contribution in [0, 0.1) is 5.92 Å². The Morgan fingerprint density at radius 2 is 1.85 bits per heavy atom. The van der Waals surface area contributed by atoms with Crippen molar-refractivity contribution < 1.29 is 0 Å². The van der Waals surface area contributed by atoms with Crippen molar-refractivity contribution in [3.05, 3.63) is 30.3 Å². The summed E-state index contributed by atoms with van der Waals surface area (Å²) >= 11 is 0. The minimum absolute atomic E-state index is 0.545. The topological polar surface area (TPSA) is 56.9 Å². The van der Waals surface area contributed by atoms with Gasteiger partial charge in [0.2, 0.25) is 5.96 Å². The normalized spacial score (nSPS) is 16.7. The molecule has 2 rings (SSSR count). The number of nitrogens with one attached hydrogen (secondary N) is 1. The van der Waals surface area contributed by atoms with Crippen molar-refractivity contribution >= 4 is 11.6 Å². The molecule has 1 fully saturated rings. The fourth-order valence-corrected chi connectivity index (χ4v) is 2.32. The van der Waals surface area contributed by atoms with E-state index in [0.29, 0.717) is 5.92 Å². The number of piperazine rings is 1. The fraction of sp³-hybridized carbons (Fsp3) is 0.533. The van der Waals surface area contributed by atoms with E-state index in [1.807, 2.05) is 0 Å². The Labute approximate surface area is 121 Å². The molecule has 1 heterocycles. The Balaban J connectivity index is 1.91. The van der Waals surface area contributed by atoms with Gasteiger partial charge in [-0.3, -0.25) is 10.4 Å². The van der Waals surface area contributed by atoms with Crippen LogP contribution < -0.4 is 16.2 Å². The maximum absolute atomic E-state index is 5.60. The van der Waals surface area contributed by atoms with Gasteiger partial charge in [0, 0.05) is 38.4 Å². The summed E-state index contributed by atoms with van der Waals surface area (Å²) in [6, 6.07) is 10.5. The molecular formula is C15H25N5. The summed E-state index contributed by atoms with van der Waals surface area (Å²) in [4.78, 5) is 9.17. The van der Waals surface area contributed by atoms with Crippen LogP contribution in [0.3, 0.4) is 0 Å². The molecule has 0 aliphatic carbocycles. The van der Waals surface area contributed by atoms with Crippen molar-refractivity contribution in [3.63, 3.8) is 0 Å². The average molecular weight is 275 g/mol. The zero-order valence-electron chi connectivity index (χ0n) is 12.4. The first-order chi connectivity index (χ1) is 9.70. The molecule has 0 aromatic heterocycles. The summed E-state index contributed by atoms with van der Waals surface area (Å²) < 4.78 is 0. The lowest BCUT2D eigenvalue weighted by Crippen LogP contribution is -2.54. The van der Waals surface area contributed by atoms with Gasteiger partial charge in [0.25, 0.3) is 0 Å². The third-order valence-electron chi connectivity index (χ3n) is 3.44. The van der Waals surface area contributed by atoms with Crippen LogP contribution >= 0.6 is 0 Å². The minimum Gasteiger partial charge on any atom is -0.368 e. The summed E-state index contributed by atoms with van der Waals surface area (Å²) in [5.41, 5.74) is 4.02. The van der Waals surface area contributed by atoms with Gasteiger partial charge in [-0.05, 0) is 18.1 Å². The van der Waals surface area contributed by atoms with Crippen molar-refractivity contribution in [2.45, 2.75) is 13.8 Å². The van der Waals surface area contributed by atoms with Crippen LogP contribution in [0.1, 0.15) is 13.8 Å². The predicted molar refractivity (Wildman–Crippen MR) is 84.7 cm³/mol. The largest absolute Gasteiger partial charge is 0.368 e. The average Bonchev–Trinajstić information content (AvgIpc) is 2.49. The molecule has 1 saturated heterocycles. The first kappa shape index (κ1) is 14.7. The maximum atomic E-state index is 5.60. The highest BCUT2D eigenvalue weighted by atomic mass is 15.4. The second-order valence-electron chi connectivity index (χ2n) is 5.51. The number of guanidine groups is 1. The SMILES string of the molecule is CC(C)CN=C(NN)N1CCN(c2ccccc2)CC1. The molecule has 0 bridgehead atoms. The molecule has 1 aromatic carbocycles. The summed E-state index contributed by atoms with van der Waals surface area (Å²) in [6.45, 7) is 8.99. The first-order valence-electron chi connectivity index (χ1n) is 7.26. The number of hydrazine groups is 1. The number of anilines is 1. The van der Waals surface area contributed by atoms with Crippen LogP contribution in [0.4, 0.5) is 5.69 Å². The smallest absolute Gasteiger partial charge is 0.208 e. The van der Waals surface area contributed by atoms with Crippen molar-refractivity contribution in [1.29, 1.82) is 0 Å². The third kappa shape index (κ3) is 3.87. The number of hydrogen-bond donors (Lipinski definition) is 2. The lowest BCUT2D eigenvalue weighted by atomic mass is 10.2. The van der Waals surface area contributed by atoms with E-state index < -0.39 is 0 Å². The lowest BCUT2D eigenvalue weighted by molar-refractivity contribution is 0.371. The molecule has 20 heavy (non-hydrogen) atoms. The molecule has 1 aliphatic rings. The van der Waals surface area contributed by atoms with Gasteiger partial charge in [-0.1, -0.05) is 32.0 Å². The van der Waals surface area contributed by atoms with Crippen LogP contribution in [0.2, 0.25) is 0 Å². The Kier molecular flexibility index (Phi) is 5.24. The second kappa shape index (κ2) is 7.14. The molecule has 0 atom stereocenters. The molecule has 0 radical (unpaired) electrons. The molecular weight excluding hydrogens is 250 g/mol. The molecule has 0 spiro atoms. The van der Waals surface area contributed by atoms with Crippen molar-refractivity contribution in [1.82, 2.24) is 10.3 Å². The maximum Gasteiger partial charge on any atom is 0.208 e. The van der Waals surface area contributed by atoms with Crippen LogP contribution in [0.15, 0.2) is 35.3 Å². The minimum atomic E-state index is 0.545. The highest BCUT2D eigenvalue weighted by Gasteiger charge is 2.19. The molecule has 110 valence electrons. The molecule has 0 saturated carbocycles. The molecule has 1 aliphatic heterocycles.